The van der Waals surface area contributed by atoms with Gasteiger partial charge in [0.05, 0.1) is 4.92 Å². The minimum absolute atomic E-state index is 0.0170. The van der Waals surface area contributed by atoms with Crippen LogP contribution in [0.15, 0.2) is 40.9 Å². The lowest BCUT2D eigenvalue weighted by molar-refractivity contribution is -0.384. The van der Waals surface area contributed by atoms with Crippen LogP contribution < -0.4 is 4.74 Å². The Morgan fingerprint density at radius 3 is 2.65 bits per heavy atom. The standard InChI is InChI=1S/C14H11BrFNO3/c1-9-4-13(17(18)19)2-3-14(9)20-8-10-5-11(15)7-12(16)6-10/h2-7H,8H2,1H3. The van der Waals surface area contributed by atoms with Crippen molar-refractivity contribution in [1.82, 2.24) is 0 Å². The first kappa shape index (κ1) is 14.5. The minimum Gasteiger partial charge on any atom is -0.489 e. The molecular formula is C14H11BrFNO3. The molecule has 20 heavy (non-hydrogen) atoms. The van der Waals surface area contributed by atoms with Crippen LogP contribution in [0, 0.1) is 22.9 Å². The lowest BCUT2D eigenvalue weighted by Gasteiger charge is -2.09. The second-order valence-corrected chi connectivity index (χ2v) is 5.19. The zero-order chi connectivity index (χ0) is 14.7. The number of halogens is 2. The van der Waals surface area contributed by atoms with Crippen LogP contribution in [0.4, 0.5) is 10.1 Å². The van der Waals surface area contributed by atoms with E-state index in [1.165, 1.54) is 24.3 Å². The summed E-state index contributed by atoms with van der Waals surface area (Å²) < 4.78 is 19.4. The number of benzene rings is 2. The molecule has 104 valence electrons. The van der Waals surface area contributed by atoms with Crippen LogP contribution in [0.5, 0.6) is 5.75 Å². The molecule has 0 saturated carbocycles. The highest BCUT2D eigenvalue weighted by Gasteiger charge is 2.09. The number of aryl methyl sites for hydroxylation is 1. The third-order valence-corrected chi connectivity index (χ3v) is 3.14. The summed E-state index contributed by atoms with van der Waals surface area (Å²) in [6.07, 6.45) is 0. The highest BCUT2D eigenvalue weighted by Crippen LogP contribution is 2.24. The van der Waals surface area contributed by atoms with E-state index in [0.29, 0.717) is 21.3 Å². The Kier molecular flexibility index (Phi) is 4.34. The molecule has 2 rings (SSSR count). The highest BCUT2D eigenvalue weighted by atomic mass is 79.9. The maximum atomic E-state index is 13.2. The molecule has 0 amide bonds. The van der Waals surface area contributed by atoms with Crippen LogP contribution in [0.3, 0.4) is 0 Å². The van der Waals surface area contributed by atoms with Gasteiger partial charge in [0.1, 0.15) is 18.2 Å². The van der Waals surface area contributed by atoms with Crippen molar-refractivity contribution in [1.29, 1.82) is 0 Å². The van der Waals surface area contributed by atoms with Crippen LogP contribution in [0.25, 0.3) is 0 Å². The van der Waals surface area contributed by atoms with Crippen molar-refractivity contribution in [2.45, 2.75) is 13.5 Å². The average molecular weight is 340 g/mol. The number of nitro groups is 1. The normalized spacial score (nSPS) is 10.3. The van der Waals surface area contributed by atoms with E-state index in [1.807, 2.05) is 0 Å². The summed E-state index contributed by atoms with van der Waals surface area (Å²) in [5.74, 6) is 0.189. The summed E-state index contributed by atoms with van der Waals surface area (Å²) in [4.78, 5) is 10.2. The fourth-order valence-electron chi connectivity index (χ4n) is 1.76. The number of hydrogen-bond donors (Lipinski definition) is 0. The van der Waals surface area contributed by atoms with Crippen molar-refractivity contribution < 1.29 is 14.1 Å². The van der Waals surface area contributed by atoms with Crippen LogP contribution in [0.1, 0.15) is 11.1 Å². The highest BCUT2D eigenvalue weighted by molar-refractivity contribution is 9.10. The summed E-state index contributed by atoms with van der Waals surface area (Å²) in [5.41, 5.74) is 1.35. The molecule has 0 bridgehead atoms. The third-order valence-electron chi connectivity index (χ3n) is 2.69. The third kappa shape index (κ3) is 3.54. The molecule has 0 aliphatic carbocycles. The molecule has 0 saturated heterocycles. The van der Waals surface area contributed by atoms with Gasteiger partial charge in [0.25, 0.3) is 5.69 Å². The molecule has 6 heteroatoms. The second kappa shape index (κ2) is 6.00. The van der Waals surface area contributed by atoms with E-state index >= 15 is 0 Å². The van der Waals surface area contributed by atoms with E-state index in [0.717, 1.165) is 0 Å². The molecule has 0 aromatic heterocycles. The second-order valence-electron chi connectivity index (χ2n) is 4.27. The topological polar surface area (TPSA) is 52.4 Å². The number of ether oxygens (including phenoxy) is 1. The molecule has 0 N–H and O–H groups in total. The predicted octanol–water partition coefficient (Wildman–Crippen LogP) is 4.38. The molecule has 0 atom stereocenters. The van der Waals surface area contributed by atoms with E-state index in [-0.39, 0.29) is 18.1 Å². The van der Waals surface area contributed by atoms with Crippen molar-refractivity contribution in [3.8, 4) is 5.75 Å². The monoisotopic (exact) mass is 339 g/mol. The summed E-state index contributed by atoms with van der Waals surface area (Å²) in [5, 5.41) is 10.6. The maximum Gasteiger partial charge on any atom is 0.269 e. The lowest BCUT2D eigenvalue weighted by atomic mass is 10.2. The number of hydrogen-bond acceptors (Lipinski definition) is 3. The first-order valence-electron chi connectivity index (χ1n) is 5.78. The maximum absolute atomic E-state index is 13.2. The number of nitro benzene ring substituents is 1. The van der Waals surface area contributed by atoms with E-state index in [1.54, 1.807) is 19.1 Å². The fourth-order valence-corrected chi connectivity index (χ4v) is 2.28. The van der Waals surface area contributed by atoms with Crippen LogP contribution in [-0.2, 0) is 6.61 Å². The van der Waals surface area contributed by atoms with Crippen LogP contribution in [-0.4, -0.2) is 4.92 Å². The van der Waals surface area contributed by atoms with Crippen molar-refractivity contribution in [3.63, 3.8) is 0 Å². The molecule has 2 aromatic carbocycles. The zero-order valence-electron chi connectivity index (χ0n) is 10.6. The molecule has 0 aliphatic heterocycles. The molecule has 0 fully saturated rings. The largest absolute Gasteiger partial charge is 0.489 e. The van der Waals surface area contributed by atoms with Crippen molar-refractivity contribution in [3.05, 3.63) is 67.9 Å². The van der Waals surface area contributed by atoms with Gasteiger partial charge in [0.15, 0.2) is 0 Å². The Hall–Kier alpha value is -1.95. The van der Waals surface area contributed by atoms with E-state index in [9.17, 15) is 14.5 Å². The molecular weight excluding hydrogens is 329 g/mol. The first-order chi connectivity index (χ1) is 9.45. The van der Waals surface area contributed by atoms with Gasteiger partial charge < -0.3 is 4.74 Å². The minimum atomic E-state index is -0.458. The van der Waals surface area contributed by atoms with Gasteiger partial charge in [-0.25, -0.2) is 4.39 Å². The summed E-state index contributed by atoms with van der Waals surface area (Å²) in [6, 6.07) is 8.86. The van der Waals surface area contributed by atoms with Crippen molar-refractivity contribution in [2.24, 2.45) is 0 Å². The number of rotatable bonds is 4. The van der Waals surface area contributed by atoms with Gasteiger partial charge in [-0.3, -0.25) is 10.1 Å². The van der Waals surface area contributed by atoms with Crippen LogP contribution >= 0.6 is 15.9 Å². The van der Waals surface area contributed by atoms with E-state index in [2.05, 4.69) is 15.9 Å². The van der Waals surface area contributed by atoms with Gasteiger partial charge >= 0.3 is 0 Å². The first-order valence-corrected chi connectivity index (χ1v) is 6.58. The Labute approximate surface area is 123 Å². The van der Waals surface area contributed by atoms with E-state index in [4.69, 9.17) is 4.74 Å². The Morgan fingerprint density at radius 1 is 1.30 bits per heavy atom. The lowest BCUT2D eigenvalue weighted by Crippen LogP contribution is -1.98. The SMILES string of the molecule is Cc1cc([N+](=O)[O-])ccc1OCc1cc(F)cc(Br)c1. The zero-order valence-corrected chi connectivity index (χ0v) is 12.2. The van der Waals surface area contributed by atoms with Gasteiger partial charge in [-0.05, 0) is 42.3 Å². The Morgan fingerprint density at radius 2 is 2.05 bits per heavy atom. The number of non-ortho nitro benzene ring substituents is 1. The summed E-state index contributed by atoms with van der Waals surface area (Å²) in [7, 11) is 0. The molecule has 2 aromatic rings. The molecule has 4 nitrogen and oxygen atoms in total. The van der Waals surface area contributed by atoms with Gasteiger partial charge in [-0.2, -0.15) is 0 Å². The predicted molar refractivity (Wildman–Crippen MR) is 76.3 cm³/mol. The fraction of sp³-hybridized carbons (Fsp3) is 0.143. The van der Waals surface area contributed by atoms with Gasteiger partial charge in [0, 0.05) is 16.6 Å². The van der Waals surface area contributed by atoms with Crippen molar-refractivity contribution in [2.75, 3.05) is 0 Å². The molecule has 0 radical (unpaired) electrons. The Bertz CT molecular complexity index is 641. The van der Waals surface area contributed by atoms with Gasteiger partial charge in [-0.15, -0.1) is 0 Å². The smallest absolute Gasteiger partial charge is 0.269 e. The molecule has 0 aliphatic rings. The molecule has 0 unspecified atom stereocenters. The Balaban J connectivity index is 2.12. The van der Waals surface area contributed by atoms with Crippen molar-refractivity contribution >= 4 is 21.6 Å². The molecule has 0 spiro atoms. The number of nitrogens with zero attached hydrogens (tertiary/aromatic N) is 1. The van der Waals surface area contributed by atoms with Crippen LogP contribution in [0.2, 0.25) is 0 Å². The van der Waals surface area contributed by atoms with Gasteiger partial charge in [0.2, 0.25) is 0 Å². The quantitative estimate of drug-likeness (QED) is 0.613. The van der Waals surface area contributed by atoms with E-state index < -0.39 is 4.92 Å². The summed E-state index contributed by atoms with van der Waals surface area (Å²) >= 11 is 3.21. The van der Waals surface area contributed by atoms with Gasteiger partial charge in [-0.1, -0.05) is 15.9 Å². The average Bonchev–Trinajstić information content (AvgIpc) is 2.36. The molecule has 0 heterocycles. The summed E-state index contributed by atoms with van der Waals surface area (Å²) in [6.45, 7) is 1.92.